The van der Waals surface area contributed by atoms with Crippen molar-refractivity contribution in [1.29, 1.82) is 0 Å². The number of hydrogen-bond donors (Lipinski definition) is 1. The molecule has 4 aliphatic rings. The molecule has 0 amide bonds. The van der Waals surface area contributed by atoms with E-state index < -0.39 is 5.60 Å². The molecular weight excluding hydrogens is 340 g/mol. The van der Waals surface area contributed by atoms with Gasteiger partial charge in [-0.15, -0.1) is 0 Å². The Balaban J connectivity index is 1.59. The number of rotatable bonds is 2. The highest BCUT2D eigenvalue weighted by molar-refractivity contribution is 5.78. The number of aliphatic hydroxyl groups is 1. The molecule has 0 saturated heterocycles. The summed E-state index contributed by atoms with van der Waals surface area (Å²) >= 11 is 0. The molecule has 0 heterocycles. The molecule has 4 aliphatic carbocycles. The number of esters is 1. The summed E-state index contributed by atoms with van der Waals surface area (Å²) < 4.78 is 5.73. The minimum atomic E-state index is -0.690. The first-order valence-corrected chi connectivity index (χ1v) is 11.0. The van der Waals surface area contributed by atoms with E-state index in [2.05, 4.69) is 13.8 Å². The number of fused-ring (bicyclic) bond motifs is 5. The van der Waals surface area contributed by atoms with Gasteiger partial charge in [0.2, 0.25) is 0 Å². The fourth-order valence-electron chi connectivity index (χ4n) is 7.95. The summed E-state index contributed by atoms with van der Waals surface area (Å²) in [5.41, 5.74) is -0.678. The highest BCUT2D eigenvalue weighted by atomic mass is 16.5. The minimum Gasteiger partial charge on any atom is -0.462 e. The van der Waals surface area contributed by atoms with Crippen LogP contribution in [0.1, 0.15) is 85.5 Å². The Morgan fingerprint density at radius 3 is 2.33 bits per heavy atom. The van der Waals surface area contributed by atoms with Gasteiger partial charge in [-0.05, 0) is 87.9 Å². The van der Waals surface area contributed by atoms with Crippen LogP contribution in [-0.2, 0) is 14.3 Å². The molecule has 0 aromatic carbocycles. The van der Waals surface area contributed by atoms with E-state index in [4.69, 9.17) is 4.74 Å². The molecule has 27 heavy (non-hydrogen) atoms. The summed E-state index contributed by atoms with van der Waals surface area (Å²) in [7, 11) is 0. The van der Waals surface area contributed by atoms with Crippen LogP contribution in [0, 0.1) is 34.5 Å². The second-order valence-corrected chi connectivity index (χ2v) is 10.6. The van der Waals surface area contributed by atoms with Gasteiger partial charge >= 0.3 is 5.97 Å². The van der Waals surface area contributed by atoms with Crippen molar-refractivity contribution in [3.63, 3.8) is 0 Å². The summed E-state index contributed by atoms with van der Waals surface area (Å²) in [5, 5.41) is 11.7. The number of ether oxygens (including phenoxy) is 1. The molecule has 0 bridgehead atoms. The Bertz CT molecular complexity index is 644. The first-order chi connectivity index (χ1) is 12.6. The number of carbonyl (C=O) groups excluding carboxylic acids is 2. The highest BCUT2D eigenvalue weighted by Gasteiger charge is 2.65. The van der Waals surface area contributed by atoms with Crippen LogP contribution in [0.3, 0.4) is 0 Å². The van der Waals surface area contributed by atoms with Crippen LogP contribution in [0.4, 0.5) is 0 Å². The maximum absolute atomic E-state index is 12.0. The van der Waals surface area contributed by atoms with Gasteiger partial charge in [-0.1, -0.05) is 13.8 Å². The zero-order valence-corrected chi connectivity index (χ0v) is 17.4. The second kappa shape index (κ2) is 6.30. The van der Waals surface area contributed by atoms with E-state index in [0.29, 0.717) is 24.2 Å². The quantitative estimate of drug-likeness (QED) is 0.731. The largest absolute Gasteiger partial charge is 0.462 e. The standard InChI is InChI=1S/C23H36O4/c1-14(24)16-7-11-22(4)19-9-10-21(3)18(5-6-20(21)27-15(2)25)17(19)8-12-23(22,26)13-16/h16-20,26H,5-13H2,1-4H3/t16-,17+,18+,19+,20+,21+,22-,23+/m1/s1. The van der Waals surface area contributed by atoms with Gasteiger partial charge < -0.3 is 9.84 Å². The van der Waals surface area contributed by atoms with E-state index >= 15 is 0 Å². The van der Waals surface area contributed by atoms with Gasteiger partial charge in [-0.3, -0.25) is 9.59 Å². The van der Waals surface area contributed by atoms with Crippen molar-refractivity contribution in [3.8, 4) is 0 Å². The Morgan fingerprint density at radius 2 is 1.67 bits per heavy atom. The maximum atomic E-state index is 12.0. The molecule has 8 atom stereocenters. The first kappa shape index (κ1) is 19.4. The van der Waals surface area contributed by atoms with Crippen LogP contribution in [0.15, 0.2) is 0 Å². The lowest BCUT2D eigenvalue weighted by molar-refractivity contribution is -0.215. The van der Waals surface area contributed by atoms with Crippen LogP contribution in [-0.4, -0.2) is 28.6 Å². The van der Waals surface area contributed by atoms with Crippen molar-refractivity contribution in [3.05, 3.63) is 0 Å². The smallest absolute Gasteiger partial charge is 0.302 e. The topological polar surface area (TPSA) is 63.6 Å². The Labute approximate surface area is 163 Å². The molecule has 0 spiro atoms. The van der Waals surface area contributed by atoms with Crippen LogP contribution in [0.5, 0.6) is 0 Å². The van der Waals surface area contributed by atoms with E-state index in [1.165, 1.54) is 6.92 Å². The third-order valence-corrected chi connectivity index (χ3v) is 9.60. The molecule has 0 aromatic rings. The monoisotopic (exact) mass is 376 g/mol. The van der Waals surface area contributed by atoms with Crippen molar-refractivity contribution < 1.29 is 19.4 Å². The molecule has 152 valence electrons. The summed E-state index contributed by atoms with van der Waals surface area (Å²) in [6.45, 7) is 7.85. The number of ketones is 1. The van der Waals surface area contributed by atoms with Crippen molar-refractivity contribution in [2.24, 2.45) is 34.5 Å². The van der Waals surface area contributed by atoms with Gasteiger partial charge in [0.05, 0.1) is 5.60 Å². The lowest BCUT2D eigenvalue weighted by atomic mass is 9.43. The summed E-state index contributed by atoms with van der Waals surface area (Å²) in [6.07, 6.45) is 8.78. The normalized spacial score (nSPS) is 51.7. The van der Waals surface area contributed by atoms with Gasteiger partial charge in [0, 0.05) is 18.3 Å². The van der Waals surface area contributed by atoms with Crippen molar-refractivity contribution >= 4 is 11.8 Å². The fraction of sp³-hybridized carbons (Fsp3) is 0.913. The predicted molar refractivity (Wildman–Crippen MR) is 103 cm³/mol. The Kier molecular flexibility index (Phi) is 4.53. The zero-order chi connectivity index (χ0) is 19.6. The molecule has 0 aliphatic heterocycles. The lowest BCUT2D eigenvalue weighted by Crippen LogP contribution is -2.62. The van der Waals surface area contributed by atoms with Gasteiger partial charge in [0.15, 0.2) is 0 Å². The Morgan fingerprint density at radius 1 is 0.926 bits per heavy atom. The molecule has 1 N–H and O–H groups in total. The average molecular weight is 377 g/mol. The zero-order valence-electron chi connectivity index (χ0n) is 17.4. The van der Waals surface area contributed by atoms with Gasteiger partial charge in [-0.25, -0.2) is 0 Å². The van der Waals surface area contributed by atoms with Crippen LogP contribution < -0.4 is 0 Å². The van der Waals surface area contributed by atoms with E-state index in [-0.39, 0.29) is 34.6 Å². The molecule has 4 nitrogen and oxygen atoms in total. The van der Waals surface area contributed by atoms with Crippen molar-refractivity contribution in [2.45, 2.75) is 97.2 Å². The van der Waals surface area contributed by atoms with E-state index in [1.807, 2.05) is 0 Å². The first-order valence-electron chi connectivity index (χ1n) is 11.0. The van der Waals surface area contributed by atoms with Crippen molar-refractivity contribution in [2.75, 3.05) is 0 Å². The molecule has 0 unspecified atom stereocenters. The predicted octanol–water partition coefficient (Wildman–Crippen LogP) is 4.28. The minimum absolute atomic E-state index is 0.0355. The third-order valence-electron chi connectivity index (χ3n) is 9.60. The van der Waals surface area contributed by atoms with Crippen LogP contribution >= 0.6 is 0 Å². The second-order valence-electron chi connectivity index (χ2n) is 10.6. The van der Waals surface area contributed by atoms with Gasteiger partial charge in [0.1, 0.15) is 11.9 Å². The average Bonchev–Trinajstić information content (AvgIpc) is 2.91. The molecule has 4 rings (SSSR count). The summed E-state index contributed by atoms with van der Waals surface area (Å²) in [5.74, 6) is 1.85. The van der Waals surface area contributed by atoms with E-state index in [1.54, 1.807) is 6.92 Å². The van der Waals surface area contributed by atoms with Crippen LogP contribution in [0.25, 0.3) is 0 Å². The van der Waals surface area contributed by atoms with Gasteiger partial charge in [-0.2, -0.15) is 0 Å². The number of carbonyl (C=O) groups is 2. The molecule has 0 radical (unpaired) electrons. The van der Waals surface area contributed by atoms with Crippen molar-refractivity contribution in [1.82, 2.24) is 0 Å². The molecule has 4 fully saturated rings. The molecule has 4 saturated carbocycles. The van der Waals surface area contributed by atoms with Crippen LogP contribution in [0.2, 0.25) is 0 Å². The number of Topliss-reactive ketones (excluding diaryl/α,β-unsaturated/α-hetero) is 1. The summed E-state index contributed by atoms with van der Waals surface area (Å²) in [6, 6.07) is 0. The van der Waals surface area contributed by atoms with E-state index in [9.17, 15) is 14.7 Å². The molecule has 0 aromatic heterocycles. The maximum Gasteiger partial charge on any atom is 0.302 e. The SMILES string of the molecule is CC(=O)O[C@H]1CC[C@H]2[C@@H]3CC[C@]4(O)C[C@H](C(C)=O)CC[C@]4(C)[C@H]3CC[C@]12C. The third kappa shape index (κ3) is 2.73. The number of hydrogen-bond acceptors (Lipinski definition) is 4. The van der Waals surface area contributed by atoms with E-state index in [0.717, 1.165) is 51.4 Å². The lowest BCUT2D eigenvalue weighted by Gasteiger charge is -2.64. The highest BCUT2D eigenvalue weighted by Crippen LogP contribution is 2.68. The molecular formula is C23H36O4. The fourth-order valence-corrected chi connectivity index (χ4v) is 7.95. The molecule has 4 heteroatoms. The summed E-state index contributed by atoms with van der Waals surface area (Å²) in [4.78, 5) is 23.5. The van der Waals surface area contributed by atoms with Gasteiger partial charge in [0.25, 0.3) is 0 Å². The Hall–Kier alpha value is -0.900.